The number of halogens is 3. The van der Waals surface area contributed by atoms with Gasteiger partial charge in [0.1, 0.15) is 5.82 Å². The summed E-state index contributed by atoms with van der Waals surface area (Å²) in [5.41, 5.74) is 1.22. The van der Waals surface area contributed by atoms with Crippen LogP contribution in [0.15, 0.2) is 40.9 Å². The minimum absolute atomic E-state index is 0.0368. The van der Waals surface area contributed by atoms with Crippen LogP contribution < -0.4 is 0 Å². The van der Waals surface area contributed by atoms with Crippen molar-refractivity contribution in [1.82, 2.24) is 0 Å². The van der Waals surface area contributed by atoms with Gasteiger partial charge in [-0.15, -0.1) is 0 Å². The quantitative estimate of drug-likeness (QED) is 0.725. The predicted octanol–water partition coefficient (Wildman–Crippen LogP) is 4.78. The fourth-order valence-corrected chi connectivity index (χ4v) is 2.19. The lowest BCUT2D eigenvalue weighted by Crippen LogP contribution is -2.06. The first-order chi connectivity index (χ1) is 8.49. The molecule has 0 amide bonds. The summed E-state index contributed by atoms with van der Waals surface area (Å²) in [6.45, 7) is 1.79. The topological polar surface area (TPSA) is 17.1 Å². The third-order valence-electron chi connectivity index (χ3n) is 2.62. The molecule has 92 valence electrons. The van der Waals surface area contributed by atoms with Crippen molar-refractivity contribution >= 4 is 33.3 Å². The minimum Gasteiger partial charge on any atom is -0.288 e. The van der Waals surface area contributed by atoms with E-state index in [-0.39, 0.29) is 11.3 Å². The second kappa shape index (κ2) is 5.21. The van der Waals surface area contributed by atoms with E-state index in [1.54, 1.807) is 31.2 Å². The molecular weight excluding hydrogens is 319 g/mol. The van der Waals surface area contributed by atoms with E-state index in [2.05, 4.69) is 15.9 Å². The Morgan fingerprint density at radius 1 is 1.17 bits per heavy atom. The van der Waals surface area contributed by atoms with E-state index in [9.17, 15) is 9.18 Å². The number of ketones is 1. The first-order valence-electron chi connectivity index (χ1n) is 5.25. The fraction of sp³-hybridized carbons (Fsp3) is 0.0714. The summed E-state index contributed by atoms with van der Waals surface area (Å²) in [6, 6.07) is 9.28. The van der Waals surface area contributed by atoms with Crippen molar-refractivity contribution in [2.75, 3.05) is 0 Å². The summed E-state index contributed by atoms with van der Waals surface area (Å²) < 4.78 is 14.3. The molecule has 4 heteroatoms. The highest BCUT2D eigenvalue weighted by atomic mass is 79.9. The number of benzene rings is 2. The average molecular weight is 328 g/mol. The third-order valence-corrected chi connectivity index (χ3v) is 3.35. The van der Waals surface area contributed by atoms with Crippen molar-refractivity contribution in [3.05, 3.63) is 68.4 Å². The van der Waals surface area contributed by atoms with E-state index in [1.165, 1.54) is 12.1 Å². The van der Waals surface area contributed by atoms with Crippen LogP contribution >= 0.6 is 27.5 Å². The molecule has 0 aliphatic carbocycles. The lowest BCUT2D eigenvalue weighted by Gasteiger charge is -2.07. The van der Waals surface area contributed by atoms with Gasteiger partial charge in [-0.05, 0) is 42.8 Å². The summed E-state index contributed by atoms with van der Waals surface area (Å²) in [7, 11) is 0. The van der Waals surface area contributed by atoms with Crippen LogP contribution in [0, 0.1) is 12.7 Å². The molecule has 2 rings (SSSR count). The molecule has 0 spiro atoms. The Morgan fingerprint density at radius 3 is 2.61 bits per heavy atom. The summed E-state index contributed by atoms with van der Waals surface area (Å²) in [6.07, 6.45) is 0. The molecule has 0 saturated carbocycles. The lowest BCUT2D eigenvalue weighted by atomic mass is 9.99. The Labute approximate surface area is 118 Å². The zero-order valence-corrected chi connectivity index (χ0v) is 11.8. The molecular formula is C14H9BrClFO. The molecule has 0 bridgehead atoms. The standard InChI is InChI=1S/C14H9BrClFO/c1-8-2-4-10(16)7-11(8)14(18)12-6-9(15)3-5-13(12)17/h2-7H,1H3. The summed E-state index contributed by atoms with van der Waals surface area (Å²) >= 11 is 9.09. The highest BCUT2D eigenvalue weighted by Gasteiger charge is 2.16. The normalized spacial score (nSPS) is 10.4. The minimum atomic E-state index is -0.539. The van der Waals surface area contributed by atoms with Crippen LogP contribution in [-0.4, -0.2) is 5.78 Å². The van der Waals surface area contributed by atoms with Crippen LogP contribution in [0.2, 0.25) is 5.02 Å². The fourth-order valence-electron chi connectivity index (χ4n) is 1.66. The molecule has 0 radical (unpaired) electrons. The summed E-state index contributed by atoms with van der Waals surface area (Å²) in [5, 5.41) is 0.458. The van der Waals surface area contributed by atoms with Crippen molar-refractivity contribution in [2.24, 2.45) is 0 Å². The van der Waals surface area contributed by atoms with Crippen molar-refractivity contribution in [2.45, 2.75) is 6.92 Å². The van der Waals surface area contributed by atoms with Gasteiger partial charge in [0.15, 0.2) is 5.78 Å². The van der Waals surface area contributed by atoms with E-state index in [1.807, 2.05) is 0 Å². The van der Waals surface area contributed by atoms with E-state index < -0.39 is 5.82 Å². The van der Waals surface area contributed by atoms with Crippen LogP contribution in [0.3, 0.4) is 0 Å². The van der Waals surface area contributed by atoms with Crippen molar-refractivity contribution < 1.29 is 9.18 Å². The Kier molecular flexibility index (Phi) is 3.83. The summed E-state index contributed by atoms with van der Waals surface area (Å²) in [4.78, 5) is 12.3. The van der Waals surface area contributed by atoms with Gasteiger partial charge in [-0.2, -0.15) is 0 Å². The predicted molar refractivity (Wildman–Crippen MR) is 73.7 cm³/mol. The Bertz CT molecular complexity index is 572. The third kappa shape index (κ3) is 2.62. The Balaban J connectivity index is 2.54. The molecule has 1 nitrogen and oxygen atoms in total. The molecule has 0 heterocycles. The molecule has 0 unspecified atom stereocenters. The van der Waals surface area contributed by atoms with Crippen molar-refractivity contribution in [3.8, 4) is 0 Å². The van der Waals surface area contributed by atoms with Gasteiger partial charge in [-0.3, -0.25) is 4.79 Å². The monoisotopic (exact) mass is 326 g/mol. The zero-order valence-electron chi connectivity index (χ0n) is 9.51. The number of hydrogen-bond donors (Lipinski definition) is 0. The van der Waals surface area contributed by atoms with Gasteiger partial charge in [-0.1, -0.05) is 33.6 Å². The van der Waals surface area contributed by atoms with Crippen molar-refractivity contribution in [1.29, 1.82) is 0 Å². The zero-order chi connectivity index (χ0) is 13.3. The van der Waals surface area contributed by atoms with Gasteiger partial charge >= 0.3 is 0 Å². The van der Waals surface area contributed by atoms with Gasteiger partial charge in [0.05, 0.1) is 5.56 Å². The molecule has 0 atom stereocenters. The van der Waals surface area contributed by atoms with Gasteiger partial charge < -0.3 is 0 Å². The molecule has 0 aliphatic heterocycles. The lowest BCUT2D eigenvalue weighted by molar-refractivity contribution is 0.103. The van der Waals surface area contributed by atoms with E-state index >= 15 is 0 Å². The second-order valence-corrected chi connectivity index (χ2v) is 5.26. The Hall–Kier alpha value is -1.19. The number of hydrogen-bond acceptors (Lipinski definition) is 1. The SMILES string of the molecule is Cc1ccc(Cl)cc1C(=O)c1cc(Br)ccc1F. The Morgan fingerprint density at radius 2 is 1.89 bits per heavy atom. The highest BCUT2D eigenvalue weighted by molar-refractivity contribution is 9.10. The molecule has 2 aromatic rings. The number of carbonyl (C=O) groups excluding carboxylic acids is 1. The first-order valence-corrected chi connectivity index (χ1v) is 6.42. The van der Waals surface area contributed by atoms with Crippen molar-refractivity contribution in [3.63, 3.8) is 0 Å². The first kappa shape index (κ1) is 13.2. The van der Waals surface area contributed by atoms with E-state index in [4.69, 9.17) is 11.6 Å². The molecule has 0 aliphatic rings. The maximum absolute atomic E-state index is 13.7. The van der Waals surface area contributed by atoms with Gasteiger partial charge in [-0.25, -0.2) is 4.39 Å². The number of rotatable bonds is 2. The second-order valence-electron chi connectivity index (χ2n) is 3.91. The maximum Gasteiger partial charge on any atom is 0.196 e. The van der Waals surface area contributed by atoms with Crippen LogP contribution in [-0.2, 0) is 0 Å². The van der Waals surface area contributed by atoms with Gasteiger partial charge in [0.25, 0.3) is 0 Å². The molecule has 0 fully saturated rings. The van der Waals surface area contributed by atoms with Crippen LogP contribution in [0.5, 0.6) is 0 Å². The molecule has 2 aromatic carbocycles. The number of carbonyl (C=O) groups is 1. The van der Waals surface area contributed by atoms with Crippen LogP contribution in [0.1, 0.15) is 21.5 Å². The summed E-state index contributed by atoms with van der Waals surface area (Å²) in [5.74, 6) is -0.906. The largest absolute Gasteiger partial charge is 0.288 e. The smallest absolute Gasteiger partial charge is 0.196 e. The molecule has 0 aromatic heterocycles. The van der Waals surface area contributed by atoms with Gasteiger partial charge in [0, 0.05) is 15.1 Å². The van der Waals surface area contributed by atoms with E-state index in [0.29, 0.717) is 15.1 Å². The van der Waals surface area contributed by atoms with Crippen LogP contribution in [0.25, 0.3) is 0 Å². The highest BCUT2D eigenvalue weighted by Crippen LogP contribution is 2.22. The maximum atomic E-state index is 13.7. The molecule has 18 heavy (non-hydrogen) atoms. The van der Waals surface area contributed by atoms with Crippen LogP contribution in [0.4, 0.5) is 4.39 Å². The average Bonchev–Trinajstić information content (AvgIpc) is 2.34. The number of aryl methyl sites for hydroxylation is 1. The molecule has 0 N–H and O–H groups in total. The molecule has 0 saturated heterocycles. The van der Waals surface area contributed by atoms with Gasteiger partial charge in [0.2, 0.25) is 0 Å². The van der Waals surface area contributed by atoms with E-state index in [0.717, 1.165) is 5.56 Å².